The molecule has 2 saturated carbocycles. The SMILES string of the molecule is Cc1cc(C2CCC2)oc(=O)c1C(=O)N(Cc1ccc2c(c1)OCO2)C1CC1. The second-order valence-electron chi connectivity index (χ2n) is 7.97. The maximum absolute atomic E-state index is 13.3. The van der Waals surface area contributed by atoms with E-state index in [1.54, 1.807) is 4.90 Å². The zero-order valence-corrected chi connectivity index (χ0v) is 15.9. The molecule has 146 valence electrons. The molecular weight excluding hydrogens is 358 g/mol. The van der Waals surface area contributed by atoms with Crippen LogP contribution in [0.4, 0.5) is 0 Å². The molecule has 28 heavy (non-hydrogen) atoms. The van der Waals surface area contributed by atoms with Gasteiger partial charge in [-0.15, -0.1) is 0 Å². The van der Waals surface area contributed by atoms with Crippen LogP contribution in [-0.4, -0.2) is 23.6 Å². The highest BCUT2D eigenvalue weighted by Crippen LogP contribution is 2.37. The summed E-state index contributed by atoms with van der Waals surface area (Å²) < 4.78 is 16.3. The van der Waals surface area contributed by atoms with Crippen molar-refractivity contribution in [2.75, 3.05) is 6.79 Å². The van der Waals surface area contributed by atoms with Gasteiger partial charge in [-0.3, -0.25) is 4.79 Å². The first kappa shape index (κ1) is 17.3. The number of ether oxygens (including phenoxy) is 2. The van der Waals surface area contributed by atoms with Crippen LogP contribution in [0.25, 0.3) is 0 Å². The Kier molecular flexibility index (Phi) is 4.14. The Morgan fingerprint density at radius 2 is 1.89 bits per heavy atom. The minimum absolute atomic E-state index is 0.163. The van der Waals surface area contributed by atoms with E-state index in [9.17, 15) is 9.59 Å². The molecule has 2 aromatic rings. The van der Waals surface area contributed by atoms with Gasteiger partial charge in [0.05, 0.1) is 0 Å². The van der Waals surface area contributed by atoms with Crippen LogP contribution >= 0.6 is 0 Å². The molecular formula is C22H23NO5. The summed E-state index contributed by atoms with van der Waals surface area (Å²) in [7, 11) is 0. The smallest absolute Gasteiger partial charge is 0.349 e. The van der Waals surface area contributed by atoms with E-state index in [1.807, 2.05) is 31.2 Å². The van der Waals surface area contributed by atoms with Gasteiger partial charge in [-0.1, -0.05) is 12.5 Å². The third kappa shape index (κ3) is 3.07. The molecule has 6 nitrogen and oxygen atoms in total. The minimum Gasteiger partial charge on any atom is -0.454 e. The lowest BCUT2D eigenvalue weighted by Crippen LogP contribution is -2.36. The zero-order chi connectivity index (χ0) is 19.3. The fourth-order valence-electron chi connectivity index (χ4n) is 3.92. The van der Waals surface area contributed by atoms with Crippen molar-refractivity contribution in [3.63, 3.8) is 0 Å². The number of carbonyl (C=O) groups is 1. The molecule has 0 bridgehead atoms. The average molecular weight is 381 g/mol. The number of aryl methyl sites for hydroxylation is 1. The molecule has 0 spiro atoms. The molecule has 0 saturated heterocycles. The molecule has 6 heteroatoms. The molecule has 3 aliphatic rings. The maximum Gasteiger partial charge on any atom is 0.349 e. The van der Waals surface area contributed by atoms with E-state index in [0.29, 0.717) is 23.8 Å². The Bertz CT molecular complexity index is 987. The Hall–Kier alpha value is -2.76. The minimum atomic E-state index is -0.511. The quantitative estimate of drug-likeness (QED) is 0.789. The third-order valence-electron chi connectivity index (χ3n) is 5.93. The molecule has 1 aliphatic heterocycles. The van der Waals surface area contributed by atoms with Crippen LogP contribution in [0.2, 0.25) is 0 Å². The maximum atomic E-state index is 13.3. The highest BCUT2D eigenvalue weighted by Gasteiger charge is 2.36. The number of hydrogen-bond acceptors (Lipinski definition) is 5. The lowest BCUT2D eigenvalue weighted by molar-refractivity contribution is 0.0723. The Morgan fingerprint density at radius 1 is 1.11 bits per heavy atom. The molecule has 2 heterocycles. The summed E-state index contributed by atoms with van der Waals surface area (Å²) in [6, 6.07) is 7.75. The van der Waals surface area contributed by atoms with Gasteiger partial charge in [0.15, 0.2) is 11.5 Å². The van der Waals surface area contributed by atoms with E-state index < -0.39 is 5.63 Å². The summed E-state index contributed by atoms with van der Waals surface area (Å²) >= 11 is 0. The van der Waals surface area contributed by atoms with Crippen molar-refractivity contribution in [1.29, 1.82) is 0 Å². The second-order valence-corrected chi connectivity index (χ2v) is 7.97. The van der Waals surface area contributed by atoms with Crippen LogP contribution in [0, 0.1) is 6.92 Å². The highest BCUT2D eigenvalue weighted by molar-refractivity contribution is 5.95. The monoisotopic (exact) mass is 381 g/mol. The molecule has 1 amide bonds. The number of benzene rings is 1. The lowest BCUT2D eigenvalue weighted by atomic mass is 9.83. The number of amides is 1. The first-order chi connectivity index (χ1) is 13.6. The summed E-state index contributed by atoms with van der Waals surface area (Å²) in [6.45, 7) is 2.49. The van der Waals surface area contributed by atoms with Crippen molar-refractivity contribution in [3.8, 4) is 11.5 Å². The van der Waals surface area contributed by atoms with E-state index in [4.69, 9.17) is 13.9 Å². The number of nitrogens with zero attached hydrogens (tertiary/aromatic N) is 1. The van der Waals surface area contributed by atoms with Crippen LogP contribution in [0.5, 0.6) is 11.5 Å². The second kappa shape index (κ2) is 6.69. The van der Waals surface area contributed by atoms with Gasteiger partial charge >= 0.3 is 5.63 Å². The molecule has 1 aromatic carbocycles. The highest BCUT2D eigenvalue weighted by atomic mass is 16.7. The lowest BCUT2D eigenvalue weighted by Gasteiger charge is -2.26. The zero-order valence-electron chi connectivity index (χ0n) is 15.9. The summed E-state index contributed by atoms with van der Waals surface area (Å²) in [5.74, 6) is 2.21. The largest absolute Gasteiger partial charge is 0.454 e. The Balaban J connectivity index is 1.42. The first-order valence-corrected chi connectivity index (χ1v) is 9.94. The van der Waals surface area contributed by atoms with Gasteiger partial charge in [0.2, 0.25) is 6.79 Å². The van der Waals surface area contributed by atoms with Crippen LogP contribution in [0.3, 0.4) is 0 Å². The number of hydrogen-bond donors (Lipinski definition) is 0. The van der Waals surface area contributed by atoms with Crippen LogP contribution in [0.1, 0.15) is 65.3 Å². The number of carbonyl (C=O) groups excluding carboxylic acids is 1. The van der Waals surface area contributed by atoms with Crippen LogP contribution < -0.4 is 15.1 Å². The van der Waals surface area contributed by atoms with Gasteiger partial charge < -0.3 is 18.8 Å². The van der Waals surface area contributed by atoms with E-state index in [1.165, 1.54) is 6.42 Å². The van der Waals surface area contributed by atoms with Crippen molar-refractivity contribution < 1.29 is 18.7 Å². The van der Waals surface area contributed by atoms with E-state index >= 15 is 0 Å². The Labute approximate surface area is 163 Å². The fraction of sp³-hybridized carbons (Fsp3) is 0.455. The molecule has 2 fully saturated rings. The van der Waals surface area contributed by atoms with E-state index in [0.717, 1.165) is 42.8 Å². The normalized spacial score (nSPS) is 18.0. The Morgan fingerprint density at radius 3 is 2.57 bits per heavy atom. The summed E-state index contributed by atoms with van der Waals surface area (Å²) in [5.41, 5.74) is 1.32. The van der Waals surface area contributed by atoms with Gasteiger partial charge in [0, 0.05) is 18.5 Å². The van der Waals surface area contributed by atoms with Crippen molar-refractivity contribution in [1.82, 2.24) is 4.90 Å². The van der Waals surface area contributed by atoms with Gasteiger partial charge in [0.1, 0.15) is 11.3 Å². The van der Waals surface area contributed by atoms with Crippen LogP contribution in [-0.2, 0) is 6.54 Å². The third-order valence-corrected chi connectivity index (χ3v) is 5.93. The van der Waals surface area contributed by atoms with Crippen molar-refractivity contribution in [2.24, 2.45) is 0 Å². The molecule has 0 radical (unpaired) electrons. The molecule has 0 unspecified atom stereocenters. The summed E-state index contributed by atoms with van der Waals surface area (Å²) in [4.78, 5) is 27.7. The average Bonchev–Trinajstić information content (AvgIpc) is 3.34. The molecule has 0 atom stereocenters. The summed E-state index contributed by atoms with van der Waals surface area (Å²) in [6.07, 6.45) is 5.18. The van der Waals surface area contributed by atoms with Gasteiger partial charge in [-0.05, 0) is 61.9 Å². The molecule has 2 aliphatic carbocycles. The molecule has 1 aromatic heterocycles. The van der Waals surface area contributed by atoms with Gasteiger partial charge in [-0.2, -0.15) is 0 Å². The van der Waals surface area contributed by atoms with Gasteiger partial charge in [0.25, 0.3) is 5.91 Å². The number of rotatable bonds is 5. The van der Waals surface area contributed by atoms with E-state index in [-0.39, 0.29) is 24.3 Å². The topological polar surface area (TPSA) is 69.0 Å². The van der Waals surface area contributed by atoms with Crippen molar-refractivity contribution in [3.05, 3.63) is 57.1 Å². The van der Waals surface area contributed by atoms with Crippen molar-refractivity contribution >= 4 is 5.91 Å². The van der Waals surface area contributed by atoms with Gasteiger partial charge in [-0.25, -0.2) is 4.79 Å². The fourth-order valence-corrected chi connectivity index (χ4v) is 3.92. The number of fused-ring (bicyclic) bond motifs is 1. The van der Waals surface area contributed by atoms with E-state index in [2.05, 4.69) is 0 Å². The predicted molar refractivity (Wildman–Crippen MR) is 102 cm³/mol. The molecule has 5 rings (SSSR count). The van der Waals surface area contributed by atoms with Crippen LogP contribution in [0.15, 0.2) is 33.5 Å². The summed E-state index contributed by atoms with van der Waals surface area (Å²) in [5, 5.41) is 0. The first-order valence-electron chi connectivity index (χ1n) is 9.94. The standard InChI is InChI=1S/C22H23NO5/c1-13-9-18(15-3-2-4-15)28-22(25)20(13)21(24)23(16-6-7-16)11-14-5-8-17-19(10-14)27-12-26-17/h5,8-10,15-16H,2-4,6-7,11-12H2,1H3. The molecule has 0 N–H and O–H groups in total. The predicted octanol–water partition coefficient (Wildman–Crippen LogP) is 3.75. The van der Waals surface area contributed by atoms with Crippen molar-refractivity contribution in [2.45, 2.75) is 57.5 Å².